The molecule has 3 nitrogen and oxygen atoms in total. The van der Waals surface area contributed by atoms with Gasteiger partial charge in [-0.1, -0.05) is 0 Å². The van der Waals surface area contributed by atoms with Gasteiger partial charge in [0.25, 0.3) is 0 Å². The molecule has 0 bridgehead atoms. The molecule has 0 atom stereocenters. The summed E-state index contributed by atoms with van der Waals surface area (Å²) in [7, 11) is 0. The minimum Gasteiger partial charge on any atom is -0.369 e. The maximum Gasteiger partial charge on any atom is 0.250 e. The van der Waals surface area contributed by atoms with E-state index in [4.69, 9.17) is 4.74 Å². The average Bonchev–Trinajstić information content (AvgIpc) is 2.20. The Hall–Kier alpha value is -0.940. The van der Waals surface area contributed by atoms with E-state index in [2.05, 4.69) is 21.2 Å². The lowest BCUT2D eigenvalue weighted by Gasteiger charge is -2.09. The number of hydrogen-bond donors (Lipinski definition) is 1. The molecule has 1 amide bonds. The molecule has 1 aromatic rings. The Labute approximate surface area is 102 Å². The van der Waals surface area contributed by atoms with Gasteiger partial charge in [-0.3, -0.25) is 4.79 Å². The van der Waals surface area contributed by atoms with Crippen LogP contribution in [0.1, 0.15) is 13.8 Å². The van der Waals surface area contributed by atoms with Crippen LogP contribution in [0.25, 0.3) is 0 Å². The molecular weight excluding hydrogens is 277 g/mol. The number of nitrogens with one attached hydrogen (secondary N) is 1. The van der Waals surface area contributed by atoms with Crippen LogP contribution in [0.15, 0.2) is 22.7 Å². The Balaban J connectivity index is 2.59. The van der Waals surface area contributed by atoms with Crippen molar-refractivity contribution < 1.29 is 13.9 Å². The number of ether oxygens (including phenoxy) is 1. The van der Waals surface area contributed by atoms with Gasteiger partial charge in [-0.05, 0) is 48.0 Å². The zero-order valence-corrected chi connectivity index (χ0v) is 10.7. The van der Waals surface area contributed by atoms with Gasteiger partial charge < -0.3 is 10.1 Å². The SMILES string of the molecule is CC(C)OCC(=O)Nc1cc(F)ccc1Br. The van der Waals surface area contributed by atoms with Crippen LogP contribution in [0, 0.1) is 5.82 Å². The van der Waals surface area contributed by atoms with Crippen molar-refractivity contribution in [2.75, 3.05) is 11.9 Å². The molecule has 0 aliphatic carbocycles. The van der Waals surface area contributed by atoms with Crippen molar-refractivity contribution in [1.82, 2.24) is 0 Å². The standard InChI is InChI=1S/C11H13BrFNO2/c1-7(2)16-6-11(15)14-10-5-8(13)3-4-9(10)12/h3-5,7H,6H2,1-2H3,(H,14,15). The van der Waals surface area contributed by atoms with E-state index in [1.165, 1.54) is 18.2 Å². The molecule has 1 rings (SSSR count). The largest absolute Gasteiger partial charge is 0.369 e. The summed E-state index contributed by atoms with van der Waals surface area (Å²) in [6.07, 6.45) is -0.0123. The normalized spacial score (nSPS) is 10.6. The maximum atomic E-state index is 12.9. The van der Waals surface area contributed by atoms with E-state index in [-0.39, 0.29) is 18.6 Å². The highest BCUT2D eigenvalue weighted by atomic mass is 79.9. The molecule has 0 aromatic heterocycles. The summed E-state index contributed by atoms with van der Waals surface area (Å²) < 4.78 is 18.7. The zero-order valence-electron chi connectivity index (χ0n) is 9.09. The van der Waals surface area contributed by atoms with Gasteiger partial charge in [0.1, 0.15) is 12.4 Å². The van der Waals surface area contributed by atoms with E-state index in [0.717, 1.165) is 0 Å². The van der Waals surface area contributed by atoms with Crippen LogP contribution in [-0.2, 0) is 9.53 Å². The van der Waals surface area contributed by atoms with Gasteiger partial charge in [0.2, 0.25) is 5.91 Å². The van der Waals surface area contributed by atoms with Crippen LogP contribution in [0.2, 0.25) is 0 Å². The highest BCUT2D eigenvalue weighted by Gasteiger charge is 2.07. The molecule has 0 saturated heterocycles. The molecule has 1 N–H and O–H groups in total. The molecule has 0 fully saturated rings. The van der Waals surface area contributed by atoms with Gasteiger partial charge in [-0.2, -0.15) is 0 Å². The third kappa shape index (κ3) is 4.28. The van der Waals surface area contributed by atoms with E-state index in [1.54, 1.807) is 0 Å². The lowest BCUT2D eigenvalue weighted by Crippen LogP contribution is -2.20. The summed E-state index contributed by atoms with van der Waals surface area (Å²) >= 11 is 3.22. The molecule has 16 heavy (non-hydrogen) atoms. The first-order chi connectivity index (χ1) is 7.49. The Kier molecular flexibility index (Phi) is 4.89. The number of rotatable bonds is 4. The van der Waals surface area contributed by atoms with Crippen molar-refractivity contribution in [2.24, 2.45) is 0 Å². The van der Waals surface area contributed by atoms with Gasteiger partial charge in [0, 0.05) is 4.47 Å². The van der Waals surface area contributed by atoms with Crippen LogP contribution in [0.5, 0.6) is 0 Å². The molecule has 5 heteroatoms. The Morgan fingerprint density at radius 1 is 1.56 bits per heavy atom. The quantitative estimate of drug-likeness (QED) is 0.926. The summed E-state index contributed by atoms with van der Waals surface area (Å²) in [6.45, 7) is 3.64. The second kappa shape index (κ2) is 5.96. The topological polar surface area (TPSA) is 38.3 Å². The van der Waals surface area contributed by atoms with Crippen molar-refractivity contribution in [3.63, 3.8) is 0 Å². The summed E-state index contributed by atoms with van der Waals surface area (Å²) in [5, 5.41) is 2.56. The number of anilines is 1. The van der Waals surface area contributed by atoms with Gasteiger partial charge in [-0.15, -0.1) is 0 Å². The van der Waals surface area contributed by atoms with Crippen LogP contribution in [0.4, 0.5) is 10.1 Å². The third-order valence-electron chi connectivity index (χ3n) is 1.75. The second-order valence-corrected chi connectivity index (χ2v) is 4.39. The van der Waals surface area contributed by atoms with Gasteiger partial charge in [-0.25, -0.2) is 4.39 Å². The maximum absolute atomic E-state index is 12.9. The van der Waals surface area contributed by atoms with Crippen molar-refractivity contribution in [1.29, 1.82) is 0 Å². The predicted octanol–water partition coefficient (Wildman–Crippen LogP) is 2.95. The fourth-order valence-corrected chi connectivity index (χ4v) is 1.37. The summed E-state index contributed by atoms with van der Waals surface area (Å²) in [6, 6.07) is 4.09. The first-order valence-corrected chi connectivity index (χ1v) is 5.65. The first kappa shape index (κ1) is 13.1. The van der Waals surface area contributed by atoms with Gasteiger partial charge in [0.15, 0.2) is 0 Å². The Morgan fingerprint density at radius 2 is 2.25 bits per heavy atom. The van der Waals surface area contributed by atoms with Crippen LogP contribution in [0.3, 0.4) is 0 Å². The molecule has 88 valence electrons. The molecule has 0 aliphatic heterocycles. The van der Waals surface area contributed by atoms with Gasteiger partial charge in [0.05, 0.1) is 11.8 Å². The highest BCUT2D eigenvalue weighted by Crippen LogP contribution is 2.22. The van der Waals surface area contributed by atoms with E-state index in [9.17, 15) is 9.18 Å². The molecular formula is C11H13BrFNO2. The fourth-order valence-electron chi connectivity index (χ4n) is 1.02. The van der Waals surface area contributed by atoms with Crippen molar-refractivity contribution in [3.05, 3.63) is 28.5 Å². The van der Waals surface area contributed by atoms with E-state index in [1.807, 2.05) is 13.8 Å². The lowest BCUT2D eigenvalue weighted by atomic mass is 10.3. The van der Waals surface area contributed by atoms with Crippen LogP contribution >= 0.6 is 15.9 Å². The summed E-state index contributed by atoms with van der Waals surface area (Å²) in [5.41, 5.74) is 0.400. The minimum absolute atomic E-state index is 0.0123. The van der Waals surface area contributed by atoms with Crippen molar-refractivity contribution in [3.8, 4) is 0 Å². The number of carbonyl (C=O) groups excluding carboxylic acids is 1. The van der Waals surface area contributed by atoms with Crippen molar-refractivity contribution in [2.45, 2.75) is 20.0 Å². The first-order valence-electron chi connectivity index (χ1n) is 4.85. The zero-order chi connectivity index (χ0) is 12.1. The van der Waals surface area contributed by atoms with E-state index >= 15 is 0 Å². The highest BCUT2D eigenvalue weighted by molar-refractivity contribution is 9.10. The van der Waals surface area contributed by atoms with E-state index in [0.29, 0.717) is 10.2 Å². The number of amides is 1. The Bertz CT molecular complexity index is 382. The number of benzene rings is 1. The molecule has 0 unspecified atom stereocenters. The minimum atomic E-state index is -0.400. The average molecular weight is 290 g/mol. The second-order valence-electron chi connectivity index (χ2n) is 3.53. The lowest BCUT2D eigenvalue weighted by molar-refractivity contribution is -0.121. The molecule has 0 saturated carbocycles. The molecule has 0 aliphatic rings. The smallest absolute Gasteiger partial charge is 0.250 e. The van der Waals surface area contributed by atoms with Gasteiger partial charge >= 0.3 is 0 Å². The molecule has 1 aromatic carbocycles. The monoisotopic (exact) mass is 289 g/mol. The molecule has 0 heterocycles. The predicted molar refractivity (Wildman–Crippen MR) is 63.8 cm³/mol. The van der Waals surface area contributed by atoms with Crippen molar-refractivity contribution >= 4 is 27.5 Å². The fraction of sp³-hybridized carbons (Fsp3) is 0.364. The number of hydrogen-bond acceptors (Lipinski definition) is 2. The third-order valence-corrected chi connectivity index (χ3v) is 2.44. The molecule has 0 radical (unpaired) electrons. The molecule has 0 spiro atoms. The van der Waals surface area contributed by atoms with Crippen LogP contribution < -0.4 is 5.32 Å². The summed E-state index contributed by atoms with van der Waals surface area (Å²) in [5.74, 6) is -0.705. The van der Waals surface area contributed by atoms with Crippen LogP contribution in [-0.4, -0.2) is 18.6 Å². The number of halogens is 2. The number of carbonyl (C=O) groups is 1. The Morgan fingerprint density at radius 3 is 2.88 bits per heavy atom. The summed E-state index contributed by atoms with van der Waals surface area (Å²) in [4.78, 5) is 11.4. The van der Waals surface area contributed by atoms with E-state index < -0.39 is 5.82 Å².